The normalized spacial score (nSPS) is 10.8. The molecule has 0 aliphatic rings. The molecule has 6 nitrogen and oxygen atoms in total. The molecule has 3 rings (SSSR count). The summed E-state index contributed by atoms with van der Waals surface area (Å²) in [5, 5.41) is 11.5. The summed E-state index contributed by atoms with van der Waals surface area (Å²) >= 11 is 1.65. The summed E-state index contributed by atoms with van der Waals surface area (Å²) in [6.45, 7) is 0.561. The molecular formula is C16H15N3O3S. The number of non-ortho nitro benzene ring substituents is 1. The average molecular weight is 329 g/mol. The molecule has 0 bridgehead atoms. The van der Waals surface area contributed by atoms with Crippen LogP contribution in [0.4, 0.5) is 5.69 Å². The number of para-hydroxylation sites is 2. The summed E-state index contributed by atoms with van der Waals surface area (Å²) in [6, 6.07) is 14.0. The highest BCUT2D eigenvalue weighted by Crippen LogP contribution is 2.20. The first-order chi connectivity index (χ1) is 11.2. The molecule has 1 N–H and O–H groups in total. The van der Waals surface area contributed by atoms with Crippen molar-refractivity contribution in [2.24, 2.45) is 0 Å². The van der Waals surface area contributed by atoms with Crippen LogP contribution >= 0.6 is 11.8 Å². The van der Waals surface area contributed by atoms with Crippen LogP contribution in [0.3, 0.4) is 0 Å². The number of ether oxygens (including phenoxy) is 1. The Kier molecular flexibility index (Phi) is 4.77. The lowest BCUT2D eigenvalue weighted by Crippen LogP contribution is -1.99. The Morgan fingerprint density at radius 1 is 1.17 bits per heavy atom. The number of benzene rings is 2. The largest absolute Gasteiger partial charge is 0.494 e. The third-order valence-electron chi connectivity index (χ3n) is 3.21. The fourth-order valence-corrected chi connectivity index (χ4v) is 2.88. The van der Waals surface area contributed by atoms with Crippen LogP contribution in [0.5, 0.6) is 5.75 Å². The second-order valence-corrected chi connectivity index (χ2v) is 5.94. The van der Waals surface area contributed by atoms with Crippen LogP contribution in [0.1, 0.15) is 6.42 Å². The molecule has 0 saturated carbocycles. The van der Waals surface area contributed by atoms with Gasteiger partial charge in [0.05, 0.1) is 22.6 Å². The van der Waals surface area contributed by atoms with E-state index in [0.717, 1.165) is 28.4 Å². The van der Waals surface area contributed by atoms with Gasteiger partial charge in [0.25, 0.3) is 5.69 Å². The van der Waals surface area contributed by atoms with Gasteiger partial charge in [-0.15, -0.1) is 0 Å². The van der Waals surface area contributed by atoms with Gasteiger partial charge < -0.3 is 9.72 Å². The number of nitro groups is 1. The fraction of sp³-hybridized carbons (Fsp3) is 0.188. The number of nitro benzene ring substituents is 1. The molecule has 0 aliphatic carbocycles. The number of fused-ring (bicyclic) bond motifs is 1. The van der Waals surface area contributed by atoms with Gasteiger partial charge >= 0.3 is 0 Å². The standard InChI is InChI=1S/C16H15N3O3S/c20-19(21)12-6-8-13(9-7-12)22-10-3-11-23-16-17-14-4-1-2-5-15(14)18-16/h1-2,4-9H,3,10-11H2,(H,17,18). The Morgan fingerprint density at radius 2 is 1.96 bits per heavy atom. The van der Waals surface area contributed by atoms with E-state index in [-0.39, 0.29) is 5.69 Å². The van der Waals surface area contributed by atoms with Crippen LogP contribution in [0.25, 0.3) is 11.0 Å². The molecule has 0 fully saturated rings. The number of nitrogens with zero attached hydrogens (tertiary/aromatic N) is 2. The molecule has 1 heterocycles. The minimum absolute atomic E-state index is 0.0674. The van der Waals surface area contributed by atoms with E-state index in [1.807, 2.05) is 24.3 Å². The first-order valence-corrected chi connectivity index (χ1v) is 8.16. The van der Waals surface area contributed by atoms with Crippen LogP contribution in [-0.4, -0.2) is 27.3 Å². The molecule has 3 aromatic rings. The lowest BCUT2D eigenvalue weighted by atomic mass is 10.3. The van der Waals surface area contributed by atoms with Crippen molar-refractivity contribution in [3.8, 4) is 5.75 Å². The molecule has 0 amide bonds. The molecule has 0 saturated heterocycles. The van der Waals surface area contributed by atoms with E-state index in [9.17, 15) is 10.1 Å². The Morgan fingerprint density at radius 3 is 2.70 bits per heavy atom. The maximum atomic E-state index is 10.6. The minimum Gasteiger partial charge on any atom is -0.494 e. The van der Waals surface area contributed by atoms with Crippen molar-refractivity contribution in [3.05, 3.63) is 58.6 Å². The summed E-state index contributed by atoms with van der Waals surface area (Å²) in [7, 11) is 0. The lowest BCUT2D eigenvalue weighted by Gasteiger charge is -2.05. The monoisotopic (exact) mass is 329 g/mol. The van der Waals surface area contributed by atoms with Crippen molar-refractivity contribution in [2.75, 3.05) is 12.4 Å². The summed E-state index contributed by atoms with van der Waals surface area (Å²) in [6.07, 6.45) is 0.860. The number of aromatic amines is 1. The fourth-order valence-electron chi connectivity index (χ4n) is 2.08. The second kappa shape index (κ2) is 7.15. The SMILES string of the molecule is O=[N+]([O-])c1ccc(OCCCSc2nc3ccccc3[nH]2)cc1. The topological polar surface area (TPSA) is 81.1 Å². The summed E-state index contributed by atoms with van der Waals surface area (Å²) in [4.78, 5) is 17.9. The first kappa shape index (κ1) is 15.4. The smallest absolute Gasteiger partial charge is 0.269 e. The van der Waals surface area contributed by atoms with Crippen molar-refractivity contribution in [3.63, 3.8) is 0 Å². The van der Waals surface area contributed by atoms with Crippen molar-refractivity contribution >= 4 is 28.5 Å². The van der Waals surface area contributed by atoms with Gasteiger partial charge in [0.2, 0.25) is 0 Å². The van der Waals surface area contributed by atoms with Crippen LogP contribution < -0.4 is 4.74 Å². The summed E-state index contributed by atoms with van der Waals surface area (Å²) in [5.74, 6) is 1.52. The van der Waals surface area contributed by atoms with E-state index in [1.165, 1.54) is 12.1 Å². The first-order valence-electron chi connectivity index (χ1n) is 7.17. The predicted molar refractivity (Wildman–Crippen MR) is 90.0 cm³/mol. The number of aromatic nitrogens is 2. The summed E-state index contributed by atoms with van der Waals surface area (Å²) in [5.41, 5.74) is 2.08. The number of nitrogens with one attached hydrogen (secondary N) is 1. The minimum atomic E-state index is -0.423. The van der Waals surface area contributed by atoms with Crippen LogP contribution in [0.2, 0.25) is 0 Å². The zero-order valence-corrected chi connectivity index (χ0v) is 13.1. The Hall–Kier alpha value is -2.54. The van der Waals surface area contributed by atoms with Gasteiger partial charge in [-0.25, -0.2) is 4.98 Å². The zero-order chi connectivity index (χ0) is 16.1. The molecule has 23 heavy (non-hydrogen) atoms. The number of thioether (sulfide) groups is 1. The quantitative estimate of drug-likeness (QED) is 0.306. The number of hydrogen-bond donors (Lipinski definition) is 1. The number of H-pyrrole nitrogens is 1. The predicted octanol–water partition coefficient (Wildman–Crippen LogP) is 4.03. The van der Waals surface area contributed by atoms with E-state index in [2.05, 4.69) is 9.97 Å². The molecule has 0 unspecified atom stereocenters. The molecule has 0 aliphatic heterocycles. The average Bonchev–Trinajstić information content (AvgIpc) is 2.97. The maximum Gasteiger partial charge on any atom is 0.269 e. The highest BCUT2D eigenvalue weighted by molar-refractivity contribution is 7.99. The van der Waals surface area contributed by atoms with Gasteiger partial charge in [-0.3, -0.25) is 10.1 Å². The molecule has 118 valence electrons. The van der Waals surface area contributed by atoms with Gasteiger partial charge in [0.1, 0.15) is 5.75 Å². The van der Waals surface area contributed by atoms with Crippen LogP contribution in [0, 0.1) is 10.1 Å². The Labute approximate surface area is 137 Å². The molecule has 0 spiro atoms. The van der Waals surface area contributed by atoms with Crippen LogP contribution in [-0.2, 0) is 0 Å². The van der Waals surface area contributed by atoms with Gasteiger partial charge in [-0.2, -0.15) is 0 Å². The van der Waals surface area contributed by atoms with Crippen molar-refractivity contribution in [2.45, 2.75) is 11.6 Å². The molecule has 0 atom stereocenters. The van der Waals surface area contributed by atoms with Crippen LogP contribution in [0.15, 0.2) is 53.7 Å². The summed E-state index contributed by atoms with van der Waals surface area (Å²) < 4.78 is 5.57. The lowest BCUT2D eigenvalue weighted by molar-refractivity contribution is -0.384. The molecule has 2 aromatic carbocycles. The van der Waals surface area contributed by atoms with E-state index in [0.29, 0.717) is 12.4 Å². The van der Waals surface area contributed by atoms with E-state index in [1.54, 1.807) is 23.9 Å². The van der Waals surface area contributed by atoms with E-state index < -0.39 is 4.92 Å². The maximum absolute atomic E-state index is 10.6. The highest BCUT2D eigenvalue weighted by atomic mass is 32.2. The second-order valence-electron chi connectivity index (χ2n) is 4.86. The molecular weight excluding hydrogens is 314 g/mol. The van der Waals surface area contributed by atoms with Gasteiger partial charge in [0.15, 0.2) is 5.16 Å². The zero-order valence-electron chi connectivity index (χ0n) is 12.3. The van der Waals surface area contributed by atoms with Gasteiger partial charge in [0, 0.05) is 17.9 Å². The highest BCUT2D eigenvalue weighted by Gasteiger charge is 2.05. The Bertz CT molecular complexity index is 769. The van der Waals surface area contributed by atoms with Gasteiger partial charge in [-0.05, 0) is 30.7 Å². The van der Waals surface area contributed by atoms with E-state index >= 15 is 0 Å². The molecule has 1 aromatic heterocycles. The number of hydrogen-bond acceptors (Lipinski definition) is 5. The third-order valence-corrected chi connectivity index (χ3v) is 4.17. The van der Waals surface area contributed by atoms with Crippen molar-refractivity contribution in [1.82, 2.24) is 9.97 Å². The van der Waals surface area contributed by atoms with E-state index in [4.69, 9.17) is 4.74 Å². The van der Waals surface area contributed by atoms with Crippen molar-refractivity contribution < 1.29 is 9.66 Å². The van der Waals surface area contributed by atoms with Crippen molar-refractivity contribution in [1.29, 1.82) is 0 Å². The molecule has 7 heteroatoms. The Balaban J connectivity index is 1.42. The number of rotatable bonds is 7. The van der Waals surface area contributed by atoms with Gasteiger partial charge in [-0.1, -0.05) is 23.9 Å². The number of imidazole rings is 1. The molecule has 0 radical (unpaired) electrons. The third kappa shape index (κ3) is 4.01.